The van der Waals surface area contributed by atoms with Gasteiger partial charge in [0.1, 0.15) is 16.5 Å². The van der Waals surface area contributed by atoms with Crippen LogP contribution < -0.4 is 10.6 Å². The summed E-state index contributed by atoms with van der Waals surface area (Å²) in [5.74, 6) is 2.18. The first-order chi connectivity index (χ1) is 16.6. The number of aromatic nitrogens is 2. The van der Waals surface area contributed by atoms with Gasteiger partial charge < -0.3 is 10.6 Å². The lowest BCUT2D eigenvalue weighted by molar-refractivity contribution is -0.114. The van der Waals surface area contributed by atoms with Crippen molar-refractivity contribution in [1.82, 2.24) is 9.97 Å². The van der Waals surface area contributed by atoms with E-state index in [1.165, 1.54) is 28.2 Å². The van der Waals surface area contributed by atoms with Crippen LogP contribution in [-0.4, -0.2) is 22.4 Å². The number of anilines is 2. The molecule has 0 radical (unpaired) electrons. The van der Waals surface area contributed by atoms with Crippen molar-refractivity contribution in [3.05, 3.63) is 75.9 Å². The van der Waals surface area contributed by atoms with Crippen molar-refractivity contribution in [2.75, 3.05) is 17.2 Å². The summed E-state index contributed by atoms with van der Waals surface area (Å²) in [6.45, 7) is 4.19. The molecule has 2 heterocycles. The number of nitrogens with one attached hydrogen (secondary N) is 2. The number of para-hydroxylation sites is 1. The molecule has 0 atom stereocenters. The van der Waals surface area contributed by atoms with Crippen LogP contribution in [0, 0.1) is 13.8 Å². The second-order valence-electron chi connectivity index (χ2n) is 8.65. The van der Waals surface area contributed by atoms with Gasteiger partial charge in [0.05, 0.1) is 17.7 Å². The molecule has 34 heavy (non-hydrogen) atoms. The number of nitrogens with zero attached hydrogens (tertiary/aromatic N) is 2. The number of thiophene rings is 1. The smallest absolute Gasteiger partial charge is 0.243 e. The Labute approximate surface area is 208 Å². The zero-order chi connectivity index (χ0) is 23.5. The molecule has 2 aromatic carbocycles. The van der Waals surface area contributed by atoms with E-state index in [4.69, 9.17) is 9.97 Å². The normalized spacial score (nSPS) is 13.0. The number of carbonyl (C=O) groups excluding carboxylic acids is 1. The number of hydrogen-bond donors (Lipinski definition) is 2. The summed E-state index contributed by atoms with van der Waals surface area (Å²) in [6.07, 6.45) is 4.58. The van der Waals surface area contributed by atoms with E-state index in [0.717, 1.165) is 51.5 Å². The van der Waals surface area contributed by atoms with Crippen LogP contribution >= 0.6 is 23.1 Å². The first-order valence-electron chi connectivity index (χ1n) is 11.7. The van der Waals surface area contributed by atoms with Crippen LogP contribution in [0.25, 0.3) is 10.2 Å². The van der Waals surface area contributed by atoms with Crippen LogP contribution in [0.15, 0.2) is 53.4 Å². The average Bonchev–Trinajstić information content (AvgIpc) is 3.23. The molecule has 0 saturated heterocycles. The summed E-state index contributed by atoms with van der Waals surface area (Å²) in [4.78, 5) is 26.3. The number of amides is 1. The van der Waals surface area contributed by atoms with Crippen LogP contribution in [0.2, 0.25) is 0 Å². The summed E-state index contributed by atoms with van der Waals surface area (Å²) in [7, 11) is 0. The number of hydrogen-bond acceptors (Lipinski definition) is 6. The van der Waals surface area contributed by atoms with Crippen molar-refractivity contribution < 1.29 is 4.79 Å². The Balaban J connectivity index is 1.39. The SMILES string of the molecule is Cc1cccc(C)c1NC(=O)CNc1nc(CSc2ccccc2)nc2sc3c(c12)CCCC3. The number of fused-ring (bicyclic) bond motifs is 3. The van der Waals surface area contributed by atoms with E-state index in [1.807, 2.05) is 50.2 Å². The highest BCUT2D eigenvalue weighted by Crippen LogP contribution is 2.39. The number of aryl methyl sites for hydroxylation is 4. The van der Waals surface area contributed by atoms with Crippen molar-refractivity contribution in [3.8, 4) is 0 Å². The van der Waals surface area contributed by atoms with E-state index in [0.29, 0.717) is 5.75 Å². The Bertz CT molecular complexity index is 1310. The summed E-state index contributed by atoms with van der Waals surface area (Å²) >= 11 is 3.52. The molecule has 5 nitrogen and oxygen atoms in total. The van der Waals surface area contributed by atoms with Crippen molar-refractivity contribution in [3.63, 3.8) is 0 Å². The van der Waals surface area contributed by atoms with Crippen LogP contribution in [0.5, 0.6) is 0 Å². The van der Waals surface area contributed by atoms with Crippen molar-refractivity contribution >= 4 is 50.7 Å². The molecular weight excluding hydrogens is 460 g/mol. The molecule has 1 amide bonds. The maximum atomic E-state index is 12.8. The third-order valence-electron chi connectivity index (χ3n) is 6.13. The van der Waals surface area contributed by atoms with Crippen molar-refractivity contribution in [2.45, 2.75) is 50.2 Å². The van der Waals surface area contributed by atoms with Crippen LogP contribution in [0.3, 0.4) is 0 Å². The van der Waals surface area contributed by atoms with Crippen molar-refractivity contribution in [1.29, 1.82) is 0 Å². The fraction of sp³-hybridized carbons (Fsp3) is 0.296. The van der Waals surface area contributed by atoms with Crippen LogP contribution in [0.1, 0.15) is 40.2 Å². The Kier molecular flexibility index (Phi) is 6.83. The Morgan fingerprint density at radius 3 is 2.56 bits per heavy atom. The average molecular weight is 489 g/mol. The minimum atomic E-state index is -0.0755. The fourth-order valence-electron chi connectivity index (χ4n) is 4.42. The summed E-state index contributed by atoms with van der Waals surface area (Å²) < 4.78 is 0. The molecule has 2 aromatic heterocycles. The quantitative estimate of drug-likeness (QED) is 0.290. The van der Waals surface area contributed by atoms with E-state index >= 15 is 0 Å². The minimum absolute atomic E-state index is 0.0755. The second-order valence-corrected chi connectivity index (χ2v) is 10.8. The molecule has 4 aromatic rings. The third-order valence-corrected chi connectivity index (χ3v) is 8.33. The molecule has 0 fully saturated rings. The molecule has 0 bridgehead atoms. The van der Waals surface area contributed by atoms with E-state index < -0.39 is 0 Å². The molecule has 5 rings (SSSR count). The molecule has 0 saturated carbocycles. The van der Waals surface area contributed by atoms with Gasteiger partial charge in [-0.1, -0.05) is 36.4 Å². The topological polar surface area (TPSA) is 66.9 Å². The molecule has 0 aliphatic heterocycles. The van der Waals surface area contributed by atoms with Gasteiger partial charge in [-0.3, -0.25) is 4.79 Å². The molecule has 2 N–H and O–H groups in total. The lowest BCUT2D eigenvalue weighted by atomic mass is 9.97. The molecule has 7 heteroatoms. The van der Waals surface area contributed by atoms with E-state index in [2.05, 4.69) is 22.8 Å². The first-order valence-corrected chi connectivity index (χ1v) is 13.5. The lowest BCUT2D eigenvalue weighted by Crippen LogP contribution is -2.23. The summed E-state index contributed by atoms with van der Waals surface area (Å²) in [6, 6.07) is 16.3. The number of thioether (sulfide) groups is 1. The maximum Gasteiger partial charge on any atom is 0.243 e. The highest BCUT2D eigenvalue weighted by atomic mass is 32.2. The van der Waals surface area contributed by atoms with Gasteiger partial charge in [-0.15, -0.1) is 23.1 Å². The first kappa shape index (κ1) is 22.9. The molecule has 1 aliphatic carbocycles. The van der Waals surface area contributed by atoms with Crippen molar-refractivity contribution in [2.24, 2.45) is 0 Å². The van der Waals surface area contributed by atoms with Gasteiger partial charge in [0, 0.05) is 15.5 Å². The number of rotatable bonds is 7. The van der Waals surface area contributed by atoms with Crippen LogP contribution in [0.4, 0.5) is 11.5 Å². The molecular formula is C27H28N4OS2. The Morgan fingerprint density at radius 1 is 1.00 bits per heavy atom. The maximum absolute atomic E-state index is 12.8. The lowest BCUT2D eigenvalue weighted by Gasteiger charge is -2.14. The van der Waals surface area contributed by atoms with Gasteiger partial charge in [-0.25, -0.2) is 9.97 Å². The molecule has 174 valence electrons. The highest BCUT2D eigenvalue weighted by Gasteiger charge is 2.21. The third kappa shape index (κ3) is 4.95. The Morgan fingerprint density at radius 2 is 1.76 bits per heavy atom. The van der Waals surface area contributed by atoms with E-state index in [-0.39, 0.29) is 12.5 Å². The van der Waals surface area contributed by atoms with Gasteiger partial charge in [-0.05, 0) is 68.4 Å². The number of benzene rings is 2. The largest absolute Gasteiger partial charge is 0.360 e. The van der Waals surface area contributed by atoms with E-state index in [9.17, 15) is 4.79 Å². The van der Waals surface area contributed by atoms with Gasteiger partial charge in [0.25, 0.3) is 0 Å². The van der Waals surface area contributed by atoms with Gasteiger partial charge in [0.2, 0.25) is 5.91 Å². The monoisotopic (exact) mass is 488 g/mol. The summed E-state index contributed by atoms with van der Waals surface area (Å²) in [5, 5.41) is 7.53. The highest BCUT2D eigenvalue weighted by molar-refractivity contribution is 7.98. The Hall–Kier alpha value is -2.90. The van der Waals surface area contributed by atoms with E-state index in [1.54, 1.807) is 23.1 Å². The fourth-order valence-corrected chi connectivity index (χ4v) is 6.47. The molecule has 0 unspecified atom stereocenters. The minimum Gasteiger partial charge on any atom is -0.360 e. The van der Waals surface area contributed by atoms with Crippen LogP contribution in [-0.2, 0) is 23.4 Å². The summed E-state index contributed by atoms with van der Waals surface area (Å²) in [5.41, 5.74) is 4.37. The molecule has 0 spiro atoms. The van der Waals surface area contributed by atoms with Gasteiger partial charge in [0.15, 0.2) is 0 Å². The number of carbonyl (C=O) groups is 1. The molecule has 1 aliphatic rings. The zero-order valence-electron chi connectivity index (χ0n) is 19.5. The zero-order valence-corrected chi connectivity index (χ0v) is 21.1. The van der Waals surface area contributed by atoms with Gasteiger partial charge in [-0.2, -0.15) is 0 Å². The predicted molar refractivity (Wildman–Crippen MR) is 143 cm³/mol. The predicted octanol–water partition coefficient (Wildman–Crippen LogP) is 6.53. The standard InChI is InChI=1S/C27H28N4OS2/c1-17-9-8-10-18(2)25(17)31-23(32)15-28-26-24-20-13-6-7-14-21(20)34-27(24)30-22(29-26)16-33-19-11-4-3-5-12-19/h3-5,8-12H,6-7,13-16H2,1-2H3,(H,31,32)(H,28,29,30). The van der Waals surface area contributed by atoms with Gasteiger partial charge >= 0.3 is 0 Å². The second kappa shape index (κ2) is 10.2.